The Hall–Kier alpha value is -2.58. The van der Waals surface area contributed by atoms with Crippen LogP contribution in [0.2, 0.25) is 0 Å². The quantitative estimate of drug-likeness (QED) is 0.761. The van der Waals surface area contributed by atoms with E-state index in [-0.39, 0.29) is 29.1 Å². The number of hydrogen-bond donors (Lipinski definition) is 1. The molecule has 2 heterocycles. The van der Waals surface area contributed by atoms with E-state index in [9.17, 15) is 18.0 Å². The third-order valence-electron chi connectivity index (χ3n) is 5.64. The summed E-state index contributed by atoms with van der Waals surface area (Å²) in [5.41, 5.74) is 1.12. The van der Waals surface area contributed by atoms with Crippen LogP contribution in [-0.4, -0.2) is 36.2 Å². The second-order valence-corrected chi connectivity index (χ2v) is 9.53. The minimum atomic E-state index is -3.59. The fourth-order valence-corrected chi connectivity index (χ4v) is 5.18. The number of sulfonamides is 1. The lowest BCUT2D eigenvalue weighted by molar-refractivity contribution is 0.0640. The standard InChI is InChI=1S/C21H23N3O4S/c1-14-4-8-16(9-5-14)23-29(27,28)17-10-6-15(7-11-17)13-24-20(25)18-3-2-12-22-19(18)21(24)26/h2-3,6-7,10-12,14,16,23H,4-5,8-9,13H2,1H3. The molecule has 0 unspecified atom stereocenters. The molecule has 0 atom stereocenters. The molecule has 7 nitrogen and oxygen atoms in total. The molecule has 0 bridgehead atoms. The van der Waals surface area contributed by atoms with Gasteiger partial charge in [-0.3, -0.25) is 19.5 Å². The maximum Gasteiger partial charge on any atom is 0.280 e. The van der Waals surface area contributed by atoms with E-state index in [4.69, 9.17) is 0 Å². The molecular weight excluding hydrogens is 390 g/mol. The first-order valence-electron chi connectivity index (χ1n) is 9.77. The molecular formula is C21H23N3O4S. The molecule has 152 valence electrons. The van der Waals surface area contributed by atoms with Crippen LogP contribution in [0.3, 0.4) is 0 Å². The van der Waals surface area contributed by atoms with Gasteiger partial charge < -0.3 is 0 Å². The highest BCUT2D eigenvalue weighted by atomic mass is 32.2. The first-order chi connectivity index (χ1) is 13.8. The number of nitrogens with one attached hydrogen (secondary N) is 1. The highest BCUT2D eigenvalue weighted by molar-refractivity contribution is 7.89. The second-order valence-electron chi connectivity index (χ2n) is 7.82. The summed E-state index contributed by atoms with van der Waals surface area (Å²) in [6, 6.07) is 9.46. The van der Waals surface area contributed by atoms with Crippen molar-refractivity contribution in [2.24, 2.45) is 5.92 Å². The maximum absolute atomic E-state index is 12.7. The van der Waals surface area contributed by atoms with E-state index in [1.807, 2.05) is 0 Å². The Bertz CT molecular complexity index is 1010. The molecule has 1 aliphatic carbocycles. The van der Waals surface area contributed by atoms with Crippen molar-refractivity contribution in [1.82, 2.24) is 14.6 Å². The molecule has 29 heavy (non-hydrogen) atoms. The summed E-state index contributed by atoms with van der Waals surface area (Å²) in [6.07, 6.45) is 5.24. The molecule has 8 heteroatoms. The average Bonchev–Trinajstić information content (AvgIpc) is 2.95. The van der Waals surface area contributed by atoms with Gasteiger partial charge in [0.15, 0.2) is 0 Å². The van der Waals surface area contributed by atoms with E-state index < -0.39 is 15.9 Å². The van der Waals surface area contributed by atoms with Gasteiger partial charge in [-0.25, -0.2) is 13.1 Å². The maximum atomic E-state index is 12.7. The van der Waals surface area contributed by atoms with E-state index in [1.54, 1.807) is 24.3 Å². The van der Waals surface area contributed by atoms with Gasteiger partial charge in [0.2, 0.25) is 10.0 Å². The summed E-state index contributed by atoms with van der Waals surface area (Å²) >= 11 is 0. The monoisotopic (exact) mass is 413 g/mol. The minimum absolute atomic E-state index is 0.0262. The Labute approximate surface area is 170 Å². The number of carbonyl (C=O) groups excluding carboxylic acids is 2. The molecule has 0 spiro atoms. The minimum Gasteiger partial charge on any atom is -0.268 e. The number of amides is 2. The number of aromatic nitrogens is 1. The third-order valence-corrected chi connectivity index (χ3v) is 7.18. The van der Waals surface area contributed by atoms with Crippen molar-refractivity contribution in [2.75, 3.05) is 0 Å². The fourth-order valence-electron chi connectivity index (χ4n) is 3.88. The van der Waals surface area contributed by atoms with Gasteiger partial charge in [0.05, 0.1) is 17.0 Å². The fraction of sp³-hybridized carbons (Fsp3) is 0.381. The number of hydrogen-bond acceptors (Lipinski definition) is 5. The number of rotatable bonds is 5. The predicted molar refractivity (Wildman–Crippen MR) is 107 cm³/mol. The van der Waals surface area contributed by atoms with Gasteiger partial charge in [-0.15, -0.1) is 0 Å². The van der Waals surface area contributed by atoms with Crippen LogP contribution in [-0.2, 0) is 16.6 Å². The predicted octanol–water partition coefficient (Wildman–Crippen LogP) is 2.73. The molecule has 1 aromatic heterocycles. The normalized spacial score (nSPS) is 22.0. The van der Waals surface area contributed by atoms with Crippen molar-refractivity contribution < 1.29 is 18.0 Å². The summed E-state index contributed by atoms with van der Waals surface area (Å²) < 4.78 is 28.1. The number of fused-ring (bicyclic) bond motifs is 1. The summed E-state index contributed by atoms with van der Waals surface area (Å²) in [5, 5.41) is 0. The number of imide groups is 1. The Morgan fingerprint density at radius 2 is 1.72 bits per heavy atom. The van der Waals surface area contributed by atoms with Crippen LogP contribution in [0.5, 0.6) is 0 Å². The van der Waals surface area contributed by atoms with Gasteiger partial charge in [0.25, 0.3) is 11.8 Å². The van der Waals surface area contributed by atoms with Crippen LogP contribution in [0.1, 0.15) is 59.0 Å². The average molecular weight is 413 g/mol. The lowest BCUT2D eigenvalue weighted by atomic mass is 9.88. The van der Waals surface area contributed by atoms with Gasteiger partial charge in [0.1, 0.15) is 5.69 Å². The number of benzene rings is 1. The van der Waals surface area contributed by atoms with Crippen LogP contribution in [0.25, 0.3) is 0 Å². The van der Waals surface area contributed by atoms with Gasteiger partial charge in [-0.1, -0.05) is 19.1 Å². The molecule has 1 saturated carbocycles. The van der Waals surface area contributed by atoms with E-state index in [2.05, 4.69) is 16.6 Å². The van der Waals surface area contributed by atoms with Crippen molar-refractivity contribution in [2.45, 2.75) is 50.1 Å². The van der Waals surface area contributed by atoms with Gasteiger partial charge in [0, 0.05) is 12.2 Å². The van der Waals surface area contributed by atoms with Crippen molar-refractivity contribution in [3.05, 3.63) is 59.4 Å². The lowest BCUT2D eigenvalue weighted by Crippen LogP contribution is -2.37. The number of pyridine rings is 1. The topological polar surface area (TPSA) is 96.4 Å². The molecule has 1 N–H and O–H groups in total. The molecule has 0 saturated heterocycles. The first kappa shape index (κ1) is 19.7. The van der Waals surface area contributed by atoms with Crippen LogP contribution >= 0.6 is 0 Å². The Morgan fingerprint density at radius 3 is 2.38 bits per heavy atom. The Kier molecular flexibility index (Phi) is 5.23. The van der Waals surface area contributed by atoms with Crippen LogP contribution < -0.4 is 4.72 Å². The first-order valence-corrected chi connectivity index (χ1v) is 11.3. The number of carbonyl (C=O) groups is 2. The second kappa shape index (κ2) is 7.68. The summed E-state index contributed by atoms with van der Waals surface area (Å²) in [5.74, 6) is -0.175. The Balaban J connectivity index is 1.44. The molecule has 1 fully saturated rings. The summed E-state index contributed by atoms with van der Waals surface area (Å²) in [4.78, 5) is 30.2. The van der Waals surface area contributed by atoms with E-state index in [0.717, 1.165) is 30.6 Å². The van der Waals surface area contributed by atoms with E-state index >= 15 is 0 Å². The van der Waals surface area contributed by atoms with E-state index in [0.29, 0.717) is 17.0 Å². The highest BCUT2D eigenvalue weighted by Crippen LogP contribution is 2.26. The largest absolute Gasteiger partial charge is 0.280 e. The summed E-state index contributed by atoms with van der Waals surface area (Å²) in [7, 11) is -3.59. The van der Waals surface area contributed by atoms with E-state index in [1.165, 1.54) is 18.3 Å². The molecule has 4 rings (SSSR count). The number of nitrogens with zero attached hydrogens (tertiary/aromatic N) is 2. The lowest BCUT2D eigenvalue weighted by Gasteiger charge is -2.26. The van der Waals surface area contributed by atoms with Crippen LogP contribution in [0.4, 0.5) is 0 Å². The molecule has 1 aromatic carbocycles. The van der Waals surface area contributed by atoms with Crippen LogP contribution in [0.15, 0.2) is 47.5 Å². The van der Waals surface area contributed by atoms with Crippen molar-refractivity contribution in [3.8, 4) is 0 Å². The van der Waals surface area contributed by atoms with Crippen molar-refractivity contribution >= 4 is 21.8 Å². The van der Waals surface area contributed by atoms with Crippen molar-refractivity contribution in [1.29, 1.82) is 0 Å². The molecule has 1 aliphatic heterocycles. The zero-order valence-corrected chi connectivity index (χ0v) is 17.0. The van der Waals surface area contributed by atoms with Gasteiger partial charge >= 0.3 is 0 Å². The Morgan fingerprint density at radius 1 is 1.03 bits per heavy atom. The third kappa shape index (κ3) is 3.95. The highest BCUT2D eigenvalue weighted by Gasteiger charge is 2.36. The molecule has 2 amide bonds. The molecule has 2 aliphatic rings. The zero-order valence-electron chi connectivity index (χ0n) is 16.2. The van der Waals surface area contributed by atoms with Crippen molar-refractivity contribution in [3.63, 3.8) is 0 Å². The summed E-state index contributed by atoms with van der Waals surface area (Å²) in [6.45, 7) is 2.26. The SMILES string of the molecule is CC1CCC(NS(=O)(=O)c2ccc(CN3C(=O)c4cccnc4C3=O)cc2)CC1. The van der Waals surface area contributed by atoms with Gasteiger partial charge in [-0.2, -0.15) is 0 Å². The van der Waals surface area contributed by atoms with Crippen LogP contribution in [0, 0.1) is 5.92 Å². The molecule has 2 aromatic rings. The molecule has 0 radical (unpaired) electrons. The zero-order chi connectivity index (χ0) is 20.6. The smallest absolute Gasteiger partial charge is 0.268 e. The van der Waals surface area contributed by atoms with Gasteiger partial charge in [-0.05, 0) is 61.4 Å².